The number of rotatable bonds is 3. The minimum absolute atomic E-state index is 0.256. The molecule has 10 heteroatoms. The zero-order valence-electron chi connectivity index (χ0n) is 10.2. The van der Waals surface area contributed by atoms with Crippen LogP contribution in [-0.4, -0.2) is 14.9 Å². The summed E-state index contributed by atoms with van der Waals surface area (Å²) in [4.78, 5) is 16.6. The van der Waals surface area contributed by atoms with Gasteiger partial charge in [-0.15, -0.1) is 0 Å². The number of aromatic nitrogens is 2. The first-order valence-corrected chi connectivity index (χ1v) is 5.40. The van der Waals surface area contributed by atoms with E-state index in [1.54, 1.807) is 0 Å². The number of nitro benzene ring substituents is 1. The summed E-state index contributed by atoms with van der Waals surface area (Å²) in [6.07, 6.45) is -4.74. The molecule has 2 rings (SSSR count). The van der Waals surface area contributed by atoms with Crippen LogP contribution in [0.5, 0.6) is 11.6 Å². The summed E-state index contributed by atoms with van der Waals surface area (Å²) in [5.41, 5.74) is 3.46. The van der Waals surface area contributed by atoms with Crippen LogP contribution in [-0.2, 0) is 6.18 Å². The first kappa shape index (κ1) is 14.5. The second-order valence-electron chi connectivity index (χ2n) is 3.77. The molecule has 0 bridgehead atoms. The highest BCUT2D eigenvalue weighted by Crippen LogP contribution is 2.33. The largest absolute Gasteiger partial charge is 0.433 e. The monoisotopic (exact) mass is 300 g/mol. The van der Waals surface area contributed by atoms with Crippen LogP contribution >= 0.6 is 0 Å². The van der Waals surface area contributed by atoms with Gasteiger partial charge in [0.15, 0.2) is 5.69 Å². The van der Waals surface area contributed by atoms with Crippen LogP contribution in [0.3, 0.4) is 0 Å². The van der Waals surface area contributed by atoms with Gasteiger partial charge in [0.1, 0.15) is 0 Å². The van der Waals surface area contributed by atoms with Crippen LogP contribution in [0.25, 0.3) is 0 Å². The van der Waals surface area contributed by atoms with Crippen LogP contribution in [0.4, 0.5) is 24.8 Å². The van der Waals surface area contributed by atoms with Crippen molar-refractivity contribution < 1.29 is 22.8 Å². The van der Waals surface area contributed by atoms with E-state index in [1.807, 2.05) is 0 Å². The predicted molar refractivity (Wildman–Crippen MR) is 64.6 cm³/mol. The van der Waals surface area contributed by atoms with E-state index in [9.17, 15) is 23.3 Å². The molecular formula is C11H7F3N4O3. The molecule has 0 fully saturated rings. The van der Waals surface area contributed by atoms with Crippen LogP contribution < -0.4 is 10.5 Å². The molecule has 0 aliphatic rings. The van der Waals surface area contributed by atoms with E-state index in [-0.39, 0.29) is 5.75 Å². The number of nitrogens with two attached hydrogens (primary N) is 1. The average Bonchev–Trinajstić information content (AvgIpc) is 2.37. The number of alkyl halides is 3. The molecule has 2 aromatic rings. The summed E-state index contributed by atoms with van der Waals surface area (Å²) in [6, 6.07) is 5.69. The van der Waals surface area contributed by atoms with Crippen molar-refractivity contribution >= 4 is 11.6 Å². The van der Waals surface area contributed by atoms with Crippen molar-refractivity contribution in [1.82, 2.24) is 9.97 Å². The van der Waals surface area contributed by atoms with Gasteiger partial charge in [0.05, 0.1) is 4.92 Å². The Morgan fingerprint density at radius 3 is 2.52 bits per heavy atom. The minimum Gasteiger partial charge on any atom is -0.432 e. The molecule has 2 N–H and O–H groups in total. The average molecular weight is 300 g/mol. The second kappa shape index (κ2) is 5.23. The number of benzene rings is 1. The fourth-order valence-electron chi connectivity index (χ4n) is 1.45. The van der Waals surface area contributed by atoms with Gasteiger partial charge in [-0.05, 0) is 6.07 Å². The highest BCUT2D eigenvalue weighted by atomic mass is 19.4. The third-order valence-electron chi connectivity index (χ3n) is 2.29. The van der Waals surface area contributed by atoms with Gasteiger partial charge >= 0.3 is 11.9 Å². The highest BCUT2D eigenvalue weighted by Gasteiger charge is 2.34. The molecule has 0 atom stereocenters. The Bertz CT molecular complexity index is 691. The van der Waals surface area contributed by atoms with Crippen molar-refractivity contribution in [3.05, 3.63) is 46.1 Å². The number of halogens is 3. The molecule has 0 radical (unpaired) electrons. The summed E-state index contributed by atoms with van der Waals surface area (Å²) in [6.45, 7) is 0. The van der Waals surface area contributed by atoms with E-state index in [0.29, 0.717) is 6.07 Å². The van der Waals surface area contributed by atoms with E-state index < -0.39 is 34.3 Å². The number of ether oxygens (including phenoxy) is 1. The lowest BCUT2D eigenvalue weighted by Gasteiger charge is -2.09. The normalized spacial score (nSPS) is 11.2. The summed E-state index contributed by atoms with van der Waals surface area (Å²) >= 11 is 0. The molecule has 0 saturated carbocycles. The summed E-state index contributed by atoms with van der Waals surface area (Å²) in [5.74, 6) is -1.45. The van der Waals surface area contributed by atoms with Gasteiger partial charge in [0.2, 0.25) is 17.6 Å². The lowest BCUT2D eigenvalue weighted by Crippen LogP contribution is -2.11. The van der Waals surface area contributed by atoms with Crippen molar-refractivity contribution in [2.75, 3.05) is 5.73 Å². The second-order valence-corrected chi connectivity index (χ2v) is 3.77. The van der Waals surface area contributed by atoms with Crippen LogP contribution in [0.2, 0.25) is 0 Å². The Hall–Kier alpha value is -2.91. The van der Waals surface area contributed by atoms with Crippen LogP contribution in [0, 0.1) is 10.1 Å². The van der Waals surface area contributed by atoms with Gasteiger partial charge in [0, 0.05) is 12.1 Å². The Morgan fingerprint density at radius 1 is 1.24 bits per heavy atom. The first-order valence-electron chi connectivity index (χ1n) is 5.40. The van der Waals surface area contributed by atoms with Crippen molar-refractivity contribution in [2.24, 2.45) is 0 Å². The zero-order chi connectivity index (χ0) is 15.6. The summed E-state index contributed by atoms with van der Waals surface area (Å²) in [5, 5.41) is 10.8. The van der Waals surface area contributed by atoms with Crippen molar-refractivity contribution in [3.8, 4) is 11.6 Å². The van der Waals surface area contributed by atoms with Gasteiger partial charge in [-0.25, -0.2) is 4.98 Å². The molecule has 110 valence electrons. The maximum Gasteiger partial charge on any atom is 0.433 e. The molecular weight excluding hydrogens is 293 g/mol. The SMILES string of the molecule is Nc1nc(Oc2ccccc2[N+](=O)[O-])cc(C(F)(F)F)n1. The molecule has 0 amide bonds. The van der Waals surface area contributed by atoms with Gasteiger partial charge < -0.3 is 10.5 Å². The Balaban J connectivity index is 2.41. The molecule has 0 unspecified atom stereocenters. The first-order chi connectivity index (χ1) is 9.77. The lowest BCUT2D eigenvalue weighted by atomic mass is 10.3. The molecule has 1 heterocycles. The third kappa shape index (κ3) is 3.35. The fraction of sp³-hybridized carbons (Fsp3) is 0.0909. The zero-order valence-corrected chi connectivity index (χ0v) is 10.2. The van der Waals surface area contributed by atoms with E-state index in [1.165, 1.54) is 18.2 Å². The van der Waals surface area contributed by atoms with E-state index >= 15 is 0 Å². The number of nitrogen functional groups attached to an aromatic ring is 1. The minimum atomic E-state index is -4.74. The molecule has 0 aliphatic heterocycles. The van der Waals surface area contributed by atoms with Gasteiger partial charge in [-0.2, -0.15) is 18.2 Å². The standard InChI is InChI=1S/C11H7F3N4O3/c12-11(13,14)8-5-9(17-10(15)16-8)21-7-4-2-1-3-6(7)18(19)20/h1-5H,(H2,15,16,17). The van der Waals surface area contributed by atoms with Crippen molar-refractivity contribution in [2.45, 2.75) is 6.18 Å². The molecule has 0 aliphatic carbocycles. The fourth-order valence-corrected chi connectivity index (χ4v) is 1.45. The maximum absolute atomic E-state index is 12.6. The molecule has 0 spiro atoms. The van der Waals surface area contributed by atoms with Gasteiger partial charge in [-0.3, -0.25) is 10.1 Å². The Morgan fingerprint density at radius 2 is 1.90 bits per heavy atom. The highest BCUT2D eigenvalue weighted by molar-refractivity contribution is 5.47. The third-order valence-corrected chi connectivity index (χ3v) is 2.29. The van der Waals surface area contributed by atoms with Crippen LogP contribution in [0.15, 0.2) is 30.3 Å². The maximum atomic E-state index is 12.6. The number of para-hydroxylation sites is 2. The Labute approximate surface area is 115 Å². The van der Waals surface area contributed by atoms with E-state index in [2.05, 4.69) is 9.97 Å². The van der Waals surface area contributed by atoms with Gasteiger partial charge in [0.25, 0.3) is 0 Å². The topological polar surface area (TPSA) is 104 Å². The lowest BCUT2D eigenvalue weighted by molar-refractivity contribution is -0.385. The molecule has 1 aromatic heterocycles. The summed E-state index contributed by atoms with van der Waals surface area (Å²) in [7, 11) is 0. The number of anilines is 1. The Kier molecular flexibility index (Phi) is 3.61. The van der Waals surface area contributed by atoms with Crippen LogP contribution in [0.1, 0.15) is 5.69 Å². The van der Waals surface area contributed by atoms with E-state index in [4.69, 9.17) is 10.5 Å². The van der Waals surface area contributed by atoms with Crippen molar-refractivity contribution in [3.63, 3.8) is 0 Å². The number of nitro groups is 1. The molecule has 21 heavy (non-hydrogen) atoms. The number of hydrogen-bond donors (Lipinski definition) is 1. The predicted octanol–water partition coefficient (Wildman–Crippen LogP) is 2.78. The summed E-state index contributed by atoms with van der Waals surface area (Å²) < 4.78 is 42.8. The number of hydrogen-bond acceptors (Lipinski definition) is 6. The smallest absolute Gasteiger partial charge is 0.432 e. The molecule has 0 saturated heterocycles. The molecule has 1 aromatic carbocycles. The number of nitrogens with zero attached hydrogens (tertiary/aromatic N) is 3. The van der Waals surface area contributed by atoms with E-state index in [0.717, 1.165) is 6.07 Å². The molecule has 7 nitrogen and oxygen atoms in total. The quantitative estimate of drug-likeness (QED) is 0.690. The van der Waals surface area contributed by atoms with Crippen molar-refractivity contribution in [1.29, 1.82) is 0 Å². The van der Waals surface area contributed by atoms with Gasteiger partial charge in [-0.1, -0.05) is 12.1 Å².